The van der Waals surface area contributed by atoms with E-state index in [1.165, 1.54) is 12.1 Å². The summed E-state index contributed by atoms with van der Waals surface area (Å²) < 4.78 is 28.7. The van der Waals surface area contributed by atoms with Gasteiger partial charge in [0.15, 0.2) is 0 Å². The van der Waals surface area contributed by atoms with Gasteiger partial charge in [-0.2, -0.15) is 8.78 Å². The van der Waals surface area contributed by atoms with Crippen LogP contribution in [0.5, 0.6) is 5.75 Å². The maximum atomic E-state index is 12.4. The molecule has 0 saturated carbocycles. The summed E-state index contributed by atoms with van der Waals surface area (Å²) in [6.45, 7) is 0.376. The molecule has 1 atom stereocenters. The van der Waals surface area contributed by atoms with E-state index in [1.54, 1.807) is 17.0 Å². The van der Waals surface area contributed by atoms with Crippen molar-refractivity contribution in [1.82, 2.24) is 4.90 Å². The van der Waals surface area contributed by atoms with Gasteiger partial charge in [-0.25, -0.2) is 0 Å². The lowest BCUT2D eigenvalue weighted by atomic mass is 9.90. The minimum Gasteiger partial charge on any atom is -0.435 e. The van der Waals surface area contributed by atoms with Crippen molar-refractivity contribution in [2.45, 2.75) is 32.4 Å². The summed E-state index contributed by atoms with van der Waals surface area (Å²) in [6.07, 6.45) is 1.74. The van der Waals surface area contributed by atoms with Gasteiger partial charge in [-0.1, -0.05) is 6.07 Å². The second kappa shape index (κ2) is 6.85. The number of hydrogen-bond acceptors (Lipinski definition) is 3. The number of rotatable bonds is 4. The van der Waals surface area contributed by atoms with Gasteiger partial charge >= 0.3 is 6.61 Å². The summed E-state index contributed by atoms with van der Waals surface area (Å²) in [6, 6.07) is 6.04. The van der Waals surface area contributed by atoms with Crippen molar-refractivity contribution in [3.8, 4) is 5.75 Å². The summed E-state index contributed by atoms with van der Waals surface area (Å²) in [4.78, 5) is 14.1. The molecule has 2 N–H and O–H groups in total. The zero-order valence-corrected chi connectivity index (χ0v) is 12.0. The van der Waals surface area contributed by atoms with Crippen LogP contribution >= 0.6 is 0 Å². The minimum atomic E-state index is -2.89. The van der Waals surface area contributed by atoms with Crippen LogP contribution in [0.4, 0.5) is 8.78 Å². The molecule has 1 fully saturated rings. The largest absolute Gasteiger partial charge is 0.435 e. The molecule has 1 amide bonds. The van der Waals surface area contributed by atoms with Gasteiger partial charge in [0.25, 0.3) is 5.91 Å². The molecule has 0 aliphatic carbocycles. The Hall–Kier alpha value is -1.69. The molecule has 6 heteroatoms. The highest BCUT2D eigenvalue weighted by Gasteiger charge is 2.25. The molecule has 116 valence electrons. The third kappa shape index (κ3) is 4.14. The van der Waals surface area contributed by atoms with Crippen LogP contribution in [0, 0.1) is 5.92 Å². The standard InChI is InChI=1S/C15H20F2N2O2/c1-10(18)11-5-7-19(8-6-11)14(20)12-3-2-4-13(9-12)21-15(16)17/h2-4,9-11,15H,5-8,18H2,1H3. The molecule has 1 saturated heterocycles. The third-order valence-corrected chi connectivity index (χ3v) is 3.88. The Morgan fingerprint density at radius 1 is 1.38 bits per heavy atom. The van der Waals surface area contributed by atoms with E-state index in [0.29, 0.717) is 24.6 Å². The number of likely N-dealkylation sites (tertiary alicyclic amines) is 1. The molecule has 0 radical (unpaired) electrons. The van der Waals surface area contributed by atoms with Crippen LogP contribution in [-0.4, -0.2) is 36.5 Å². The van der Waals surface area contributed by atoms with Gasteiger partial charge < -0.3 is 15.4 Å². The number of halogens is 2. The lowest BCUT2D eigenvalue weighted by molar-refractivity contribution is -0.0499. The summed E-state index contributed by atoms with van der Waals surface area (Å²) >= 11 is 0. The first-order valence-corrected chi connectivity index (χ1v) is 7.07. The van der Waals surface area contributed by atoms with E-state index >= 15 is 0 Å². The average molecular weight is 298 g/mol. The van der Waals surface area contributed by atoms with E-state index in [0.717, 1.165) is 12.8 Å². The van der Waals surface area contributed by atoms with Gasteiger partial charge in [0.1, 0.15) is 5.75 Å². The Morgan fingerprint density at radius 2 is 2.05 bits per heavy atom. The fraction of sp³-hybridized carbons (Fsp3) is 0.533. The van der Waals surface area contributed by atoms with Crippen LogP contribution in [0.2, 0.25) is 0 Å². The van der Waals surface area contributed by atoms with E-state index < -0.39 is 6.61 Å². The first-order chi connectivity index (χ1) is 9.97. The van der Waals surface area contributed by atoms with Gasteiger partial charge in [0, 0.05) is 24.7 Å². The molecule has 2 rings (SSSR count). The number of nitrogens with two attached hydrogens (primary N) is 1. The first kappa shape index (κ1) is 15.7. The van der Waals surface area contributed by atoms with E-state index in [9.17, 15) is 13.6 Å². The highest BCUT2D eigenvalue weighted by Crippen LogP contribution is 2.22. The normalized spacial score (nSPS) is 17.9. The topological polar surface area (TPSA) is 55.6 Å². The summed E-state index contributed by atoms with van der Waals surface area (Å²) in [7, 11) is 0. The van der Waals surface area contributed by atoms with Crippen molar-refractivity contribution in [1.29, 1.82) is 0 Å². The molecule has 1 aromatic carbocycles. The Kier molecular flexibility index (Phi) is 5.12. The summed E-state index contributed by atoms with van der Waals surface area (Å²) in [5, 5.41) is 0. The molecule has 0 aromatic heterocycles. The second-order valence-corrected chi connectivity index (χ2v) is 5.40. The van der Waals surface area contributed by atoms with Crippen molar-refractivity contribution in [2.24, 2.45) is 11.7 Å². The molecule has 4 nitrogen and oxygen atoms in total. The minimum absolute atomic E-state index is 0.00122. The van der Waals surface area contributed by atoms with Gasteiger partial charge in [-0.3, -0.25) is 4.79 Å². The number of alkyl halides is 2. The van der Waals surface area contributed by atoms with Gasteiger partial charge in [-0.05, 0) is 43.9 Å². The Labute approximate surface area is 122 Å². The molecule has 0 bridgehead atoms. The molecule has 1 aliphatic rings. The lowest BCUT2D eigenvalue weighted by Gasteiger charge is -2.33. The fourth-order valence-electron chi connectivity index (χ4n) is 2.62. The Morgan fingerprint density at radius 3 is 2.62 bits per heavy atom. The van der Waals surface area contributed by atoms with Crippen molar-refractivity contribution in [3.05, 3.63) is 29.8 Å². The molecule has 1 aromatic rings. The first-order valence-electron chi connectivity index (χ1n) is 7.07. The predicted molar refractivity (Wildman–Crippen MR) is 75.4 cm³/mol. The Balaban J connectivity index is 2.00. The third-order valence-electron chi connectivity index (χ3n) is 3.88. The number of hydrogen-bond donors (Lipinski definition) is 1. The second-order valence-electron chi connectivity index (χ2n) is 5.40. The van der Waals surface area contributed by atoms with Crippen LogP contribution < -0.4 is 10.5 Å². The smallest absolute Gasteiger partial charge is 0.387 e. The van der Waals surface area contributed by atoms with Crippen LogP contribution in [0.25, 0.3) is 0 Å². The zero-order chi connectivity index (χ0) is 15.4. The molecule has 1 heterocycles. The van der Waals surface area contributed by atoms with Crippen LogP contribution in [0.15, 0.2) is 24.3 Å². The Bertz CT molecular complexity index is 486. The SMILES string of the molecule is CC(N)C1CCN(C(=O)c2cccc(OC(F)F)c2)CC1. The number of benzene rings is 1. The van der Waals surface area contributed by atoms with E-state index in [2.05, 4.69) is 4.74 Å². The van der Waals surface area contributed by atoms with Gasteiger partial charge in [0.05, 0.1) is 0 Å². The molecule has 21 heavy (non-hydrogen) atoms. The van der Waals surface area contributed by atoms with E-state index in [4.69, 9.17) is 5.73 Å². The van der Waals surface area contributed by atoms with Gasteiger partial charge in [0.2, 0.25) is 0 Å². The zero-order valence-electron chi connectivity index (χ0n) is 12.0. The predicted octanol–water partition coefficient (Wildman–Crippen LogP) is 2.49. The number of nitrogens with zero attached hydrogens (tertiary/aromatic N) is 1. The van der Waals surface area contributed by atoms with Crippen molar-refractivity contribution < 1.29 is 18.3 Å². The number of carbonyl (C=O) groups excluding carboxylic acids is 1. The fourth-order valence-corrected chi connectivity index (χ4v) is 2.62. The number of amides is 1. The molecular weight excluding hydrogens is 278 g/mol. The van der Waals surface area contributed by atoms with Crippen molar-refractivity contribution in [2.75, 3.05) is 13.1 Å². The highest BCUT2D eigenvalue weighted by molar-refractivity contribution is 5.94. The number of ether oxygens (including phenoxy) is 1. The van der Waals surface area contributed by atoms with Crippen LogP contribution in [0.1, 0.15) is 30.1 Å². The van der Waals surface area contributed by atoms with Crippen LogP contribution in [0.3, 0.4) is 0 Å². The summed E-state index contributed by atoms with van der Waals surface area (Å²) in [5.74, 6) is 0.279. The van der Waals surface area contributed by atoms with Crippen molar-refractivity contribution >= 4 is 5.91 Å². The molecular formula is C15H20F2N2O2. The quantitative estimate of drug-likeness (QED) is 0.929. The van der Waals surface area contributed by atoms with Crippen LogP contribution in [-0.2, 0) is 0 Å². The monoisotopic (exact) mass is 298 g/mol. The maximum Gasteiger partial charge on any atom is 0.387 e. The number of carbonyl (C=O) groups is 1. The maximum absolute atomic E-state index is 12.4. The van der Waals surface area contributed by atoms with Gasteiger partial charge in [-0.15, -0.1) is 0 Å². The summed E-state index contributed by atoms with van der Waals surface area (Å²) in [5.41, 5.74) is 6.24. The van der Waals surface area contributed by atoms with Crippen molar-refractivity contribution in [3.63, 3.8) is 0 Å². The lowest BCUT2D eigenvalue weighted by Crippen LogP contribution is -2.42. The van der Waals surface area contributed by atoms with E-state index in [-0.39, 0.29) is 17.7 Å². The molecule has 1 unspecified atom stereocenters. The number of piperidine rings is 1. The molecule has 0 spiro atoms. The highest BCUT2D eigenvalue weighted by atomic mass is 19.3. The molecule has 1 aliphatic heterocycles. The average Bonchev–Trinajstić information content (AvgIpc) is 2.46. The van der Waals surface area contributed by atoms with E-state index in [1.807, 2.05) is 6.92 Å².